The second kappa shape index (κ2) is 4.39. The lowest BCUT2D eigenvalue weighted by atomic mass is 10.3. The first-order valence-electron chi connectivity index (χ1n) is 4.58. The summed E-state index contributed by atoms with van der Waals surface area (Å²) in [5, 5.41) is 4.50. The monoisotopic (exact) mass is 207 g/mol. The van der Waals surface area contributed by atoms with E-state index in [-0.39, 0.29) is 0 Å². The van der Waals surface area contributed by atoms with Gasteiger partial charge in [0.2, 0.25) is 0 Å². The number of aromatic amines is 1. The van der Waals surface area contributed by atoms with Crippen molar-refractivity contribution >= 4 is 11.3 Å². The summed E-state index contributed by atoms with van der Waals surface area (Å²) in [7, 11) is 0. The molecule has 0 aromatic carbocycles. The van der Waals surface area contributed by atoms with Crippen LogP contribution in [0.15, 0.2) is 24.7 Å². The highest BCUT2D eigenvalue weighted by molar-refractivity contribution is 7.11. The number of H-pyrrole nitrogens is 1. The van der Waals surface area contributed by atoms with Crippen molar-refractivity contribution < 1.29 is 0 Å². The molecular formula is C10H13N3S. The Balaban J connectivity index is 1.78. The first kappa shape index (κ1) is 9.43. The molecule has 2 aromatic heterocycles. The van der Waals surface area contributed by atoms with E-state index in [9.17, 15) is 0 Å². The molecule has 0 radical (unpaired) electrons. The van der Waals surface area contributed by atoms with E-state index in [1.165, 1.54) is 10.4 Å². The highest BCUT2D eigenvalue weighted by atomic mass is 32.1. The van der Waals surface area contributed by atoms with Gasteiger partial charge in [-0.15, -0.1) is 11.3 Å². The van der Waals surface area contributed by atoms with Crippen molar-refractivity contribution in [1.82, 2.24) is 15.3 Å². The van der Waals surface area contributed by atoms with Gasteiger partial charge in [-0.05, 0) is 18.6 Å². The van der Waals surface area contributed by atoms with E-state index in [4.69, 9.17) is 0 Å². The van der Waals surface area contributed by atoms with E-state index >= 15 is 0 Å². The predicted octanol–water partition coefficient (Wildman–Crippen LogP) is 2.07. The Morgan fingerprint density at radius 2 is 2.43 bits per heavy atom. The third-order valence-electron chi connectivity index (χ3n) is 1.94. The number of nitrogens with zero attached hydrogens (tertiary/aromatic N) is 1. The minimum Gasteiger partial charge on any atom is -0.367 e. The van der Waals surface area contributed by atoms with Gasteiger partial charge in [0.25, 0.3) is 0 Å². The number of aromatic nitrogens is 2. The summed E-state index contributed by atoms with van der Waals surface area (Å²) >= 11 is 1.74. The number of thiazole rings is 1. The zero-order valence-electron chi connectivity index (χ0n) is 8.08. The Bertz CT molecular complexity index is 378. The first-order chi connectivity index (χ1) is 6.84. The van der Waals surface area contributed by atoms with Crippen molar-refractivity contribution in [2.24, 2.45) is 0 Å². The van der Waals surface area contributed by atoms with E-state index in [1.807, 2.05) is 18.6 Å². The fourth-order valence-corrected chi connectivity index (χ4v) is 2.02. The van der Waals surface area contributed by atoms with Gasteiger partial charge in [-0.2, -0.15) is 0 Å². The van der Waals surface area contributed by atoms with Gasteiger partial charge in [-0.1, -0.05) is 0 Å². The van der Waals surface area contributed by atoms with Gasteiger partial charge < -0.3 is 10.3 Å². The first-order valence-corrected chi connectivity index (χ1v) is 5.40. The minimum atomic E-state index is 0.851. The van der Waals surface area contributed by atoms with Crippen LogP contribution in [0.3, 0.4) is 0 Å². The normalized spacial score (nSPS) is 10.6. The van der Waals surface area contributed by atoms with Crippen molar-refractivity contribution in [3.63, 3.8) is 0 Å². The molecule has 0 aliphatic heterocycles. The van der Waals surface area contributed by atoms with Crippen LogP contribution >= 0.6 is 11.3 Å². The summed E-state index contributed by atoms with van der Waals surface area (Å²) in [5.74, 6) is 0. The largest absolute Gasteiger partial charge is 0.367 e. The molecule has 0 saturated carbocycles. The zero-order chi connectivity index (χ0) is 9.80. The van der Waals surface area contributed by atoms with Gasteiger partial charge in [0.05, 0.1) is 0 Å². The lowest BCUT2D eigenvalue weighted by Gasteiger charge is -1.98. The second-order valence-corrected chi connectivity index (χ2v) is 4.51. The van der Waals surface area contributed by atoms with Crippen LogP contribution in [0.2, 0.25) is 0 Å². The Morgan fingerprint density at radius 1 is 1.50 bits per heavy atom. The molecule has 74 valence electrons. The number of nitrogens with one attached hydrogen (secondary N) is 2. The van der Waals surface area contributed by atoms with Crippen LogP contribution in [0.5, 0.6) is 0 Å². The van der Waals surface area contributed by atoms with E-state index in [1.54, 1.807) is 11.3 Å². The molecule has 4 heteroatoms. The maximum absolute atomic E-state index is 4.28. The van der Waals surface area contributed by atoms with Crippen molar-refractivity contribution in [3.8, 4) is 0 Å². The van der Waals surface area contributed by atoms with Crippen LogP contribution in [-0.4, -0.2) is 9.97 Å². The molecule has 0 amide bonds. The van der Waals surface area contributed by atoms with Gasteiger partial charge in [0.1, 0.15) is 5.01 Å². The molecule has 0 aliphatic carbocycles. The standard InChI is InChI=1S/C10H13N3S/c1-8-4-13-10(14-8)7-12-6-9-2-3-11-5-9/h2-5,11-12H,6-7H2,1H3. The summed E-state index contributed by atoms with van der Waals surface area (Å²) in [6, 6.07) is 2.07. The van der Waals surface area contributed by atoms with Crippen LogP contribution < -0.4 is 5.32 Å². The summed E-state index contributed by atoms with van der Waals surface area (Å²) in [6.45, 7) is 3.82. The topological polar surface area (TPSA) is 40.7 Å². The van der Waals surface area contributed by atoms with Crippen LogP contribution in [0.1, 0.15) is 15.4 Å². The molecule has 0 bridgehead atoms. The van der Waals surface area contributed by atoms with Crippen molar-refractivity contribution in [2.75, 3.05) is 0 Å². The molecule has 2 rings (SSSR count). The maximum atomic E-state index is 4.28. The van der Waals surface area contributed by atoms with Gasteiger partial charge in [0, 0.05) is 36.6 Å². The van der Waals surface area contributed by atoms with Crippen LogP contribution in [0, 0.1) is 6.92 Å². The van der Waals surface area contributed by atoms with E-state index in [0.717, 1.165) is 18.1 Å². The number of hydrogen-bond acceptors (Lipinski definition) is 3. The second-order valence-electron chi connectivity index (χ2n) is 3.19. The fraction of sp³-hybridized carbons (Fsp3) is 0.300. The predicted molar refractivity (Wildman–Crippen MR) is 58.2 cm³/mol. The summed E-state index contributed by atoms with van der Waals surface area (Å²) in [5.41, 5.74) is 1.28. The lowest BCUT2D eigenvalue weighted by Crippen LogP contribution is -2.11. The van der Waals surface area contributed by atoms with E-state index in [2.05, 4.69) is 28.3 Å². The Labute approximate surface area is 87.2 Å². The molecule has 0 unspecified atom stereocenters. The fourth-order valence-electron chi connectivity index (χ4n) is 1.27. The number of hydrogen-bond donors (Lipinski definition) is 2. The minimum absolute atomic E-state index is 0.851. The Kier molecular flexibility index (Phi) is 2.96. The lowest BCUT2D eigenvalue weighted by molar-refractivity contribution is 0.690. The maximum Gasteiger partial charge on any atom is 0.107 e. The van der Waals surface area contributed by atoms with Crippen LogP contribution in [0.25, 0.3) is 0 Å². The van der Waals surface area contributed by atoms with E-state index in [0.29, 0.717) is 0 Å². The highest BCUT2D eigenvalue weighted by Crippen LogP contribution is 2.10. The molecule has 0 spiro atoms. The number of rotatable bonds is 4. The zero-order valence-corrected chi connectivity index (χ0v) is 8.90. The van der Waals surface area contributed by atoms with Gasteiger partial charge in [0.15, 0.2) is 0 Å². The molecule has 2 N–H and O–H groups in total. The van der Waals surface area contributed by atoms with Gasteiger partial charge >= 0.3 is 0 Å². The molecule has 0 atom stereocenters. The average molecular weight is 207 g/mol. The third-order valence-corrected chi connectivity index (χ3v) is 2.85. The summed E-state index contributed by atoms with van der Waals surface area (Å²) < 4.78 is 0. The molecule has 3 nitrogen and oxygen atoms in total. The van der Waals surface area contributed by atoms with E-state index < -0.39 is 0 Å². The highest BCUT2D eigenvalue weighted by Gasteiger charge is 1.98. The SMILES string of the molecule is Cc1cnc(CNCc2cc[nH]c2)s1. The van der Waals surface area contributed by atoms with Gasteiger partial charge in [-0.25, -0.2) is 4.98 Å². The summed E-state index contributed by atoms with van der Waals surface area (Å²) in [6.07, 6.45) is 5.85. The van der Waals surface area contributed by atoms with Crippen LogP contribution in [0.4, 0.5) is 0 Å². The number of aryl methyl sites for hydroxylation is 1. The average Bonchev–Trinajstić information content (AvgIpc) is 2.77. The smallest absolute Gasteiger partial charge is 0.107 e. The molecule has 0 saturated heterocycles. The third kappa shape index (κ3) is 2.43. The molecule has 14 heavy (non-hydrogen) atoms. The molecule has 0 aliphatic rings. The Morgan fingerprint density at radius 3 is 3.07 bits per heavy atom. The Hall–Kier alpha value is -1.13. The van der Waals surface area contributed by atoms with Crippen molar-refractivity contribution in [2.45, 2.75) is 20.0 Å². The van der Waals surface area contributed by atoms with Crippen molar-refractivity contribution in [3.05, 3.63) is 40.1 Å². The molecule has 2 aromatic rings. The van der Waals surface area contributed by atoms with Gasteiger partial charge in [-0.3, -0.25) is 0 Å². The molecule has 0 fully saturated rings. The summed E-state index contributed by atoms with van der Waals surface area (Å²) in [4.78, 5) is 8.58. The van der Waals surface area contributed by atoms with Crippen molar-refractivity contribution in [1.29, 1.82) is 0 Å². The molecular weight excluding hydrogens is 194 g/mol. The molecule has 2 heterocycles. The quantitative estimate of drug-likeness (QED) is 0.805. The van der Waals surface area contributed by atoms with Crippen LogP contribution in [-0.2, 0) is 13.1 Å².